The molecule has 62 valence electrons. The summed E-state index contributed by atoms with van der Waals surface area (Å²) in [6, 6.07) is 1.55. The quantitative estimate of drug-likeness (QED) is 0.622. The Morgan fingerprint density at radius 3 is 2.25 bits per heavy atom. The van der Waals surface area contributed by atoms with Crippen LogP contribution >= 0.6 is 23.2 Å². The van der Waals surface area contributed by atoms with E-state index in [0.717, 1.165) is 11.1 Å². The van der Waals surface area contributed by atoms with Crippen LogP contribution in [0.1, 0.15) is 12.6 Å². The Hall–Kier alpha value is 0.600. The zero-order valence-electron chi connectivity index (χ0n) is 8.28. The Morgan fingerprint density at radius 1 is 1.25 bits per heavy atom. The van der Waals surface area contributed by atoms with Gasteiger partial charge in [-0.05, 0) is 31.0 Å². The molecule has 1 N–H and O–H groups in total. The molecule has 1 aromatic carbocycles. The van der Waals surface area contributed by atoms with E-state index in [4.69, 9.17) is 23.2 Å². The molecule has 0 atom stereocenters. The number of phenols is 1. The van der Waals surface area contributed by atoms with E-state index in [1.165, 1.54) is 0 Å². The summed E-state index contributed by atoms with van der Waals surface area (Å²) >= 11 is 11.6. The smallest absolute Gasteiger partial charge is 1.00 e. The van der Waals surface area contributed by atoms with Gasteiger partial charge in [-0.15, -0.1) is 0 Å². The van der Waals surface area contributed by atoms with Crippen molar-refractivity contribution >= 4 is 23.2 Å². The SMILES string of the molecule is Cc1cc(O)c(Cl)c(C)c1Cl.[H-].[Na+]. The van der Waals surface area contributed by atoms with Gasteiger partial charge < -0.3 is 6.53 Å². The molecule has 0 amide bonds. The molecular formula is C8H9Cl2NaO. The van der Waals surface area contributed by atoms with Gasteiger partial charge in [-0.3, -0.25) is 0 Å². The van der Waals surface area contributed by atoms with Gasteiger partial charge in [0.25, 0.3) is 0 Å². The molecule has 0 heterocycles. The van der Waals surface area contributed by atoms with Gasteiger partial charge in [0.05, 0.1) is 5.02 Å². The van der Waals surface area contributed by atoms with E-state index in [9.17, 15) is 5.11 Å². The fourth-order valence-electron chi connectivity index (χ4n) is 0.916. The van der Waals surface area contributed by atoms with E-state index in [1.807, 2.05) is 6.92 Å². The monoisotopic (exact) mass is 214 g/mol. The van der Waals surface area contributed by atoms with Crippen molar-refractivity contribution in [1.82, 2.24) is 0 Å². The molecule has 0 saturated carbocycles. The number of phenolic OH excluding ortho intramolecular Hbond substituents is 1. The molecule has 0 unspecified atom stereocenters. The minimum absolute atomic E-state index is 0. The summed E-state index contributed by atoms with van der Waals surface area (Å²) < 4.78 is 0. The Morgan fingerprint density at radius 2 is 1.75 bits per heavy atom. The van der Waals surface area contributed by atoms with E-state index in [2.05, 4.69) is 0 Å². The van der Waals surface area contributed by atoms with Crippen molar-refractivity contribution in [1.29, 1.82) is 0 Å². The maximum absolute atomic E-state index is 9.21. The molecule has 0 fully saturated rings. The number of aryl methyl sites for hydroxylation is 1. The van der Waals surface area contributed by atoms with Gasteiger partial charge in [0.1, 0.15) is 5.75 Å². The predicted octanol–water partition coefficient (Wildman–Crippen LogP) is 0.432. The van der Waals surface area contributed by atoms with Crippen molar-refractivity contribution in [2.75, 3.05) is 0 Å². The van der Waals surface area contributed by atoms with Crippen LogP contribution in [0.15, 0.2) is 6.07 Å². The third kappa shape index (κ3) is 2.30. The molecule has 4 heteroatoms. The van der Waals surface area contributed by atoms with Crippen molar-refractivity contribution in [2.45, 2.75) is 13.8 Å². The third-order valence-corrected chi connectivity index (χ3v) is 2.64. The second-order valence-corrected chi connectivity index (χ2v) is 3.22. The van der Waals surface area contributed by atoms with Gasteiger partial charge in [-0.1, -0.05) is 23.2 Å². The van der Waals surface area contributed by atoms with Gasteiger partial charge >= 0.3 is 29.6 Å². The molecule has 1 nitrogen and oxygen atoms in total. The van der Waals surface area contributed by atoms with Crippen LogP contribution in [0.25, 0.3) is 0 Å². The van der Waals surface area contributed by atoms with E-state index >= 15 is 0 Å². The van der Waals surface area contributed by atoms with Crippen LogP contribution in [0.4, 0.5) is 0 Å². The Labute approximate surface area is 105 Å². The Balaban J connectivity index is 0. The molecule has 12 heavy (non-hydrogen) atoms. The van der Waals surface area contributed by atoms with Crippen LogP contribution in [0.2, 0.25) is 10.0 Å². The second-order valence-electron chi connectivity index (χ2n) is 2.47. The molecule has 0 bridgehead atoms. The van der Waals surface area contributed by atoms with Crippen LogP contribution in [0.3, 0.4) is 0 Å². The van der Waals surface area contributed by atoms with Gasteiger partial charge in [-0.2, -0.15) is 0 Å². The Bertz CT molecular complexity index is 278. The first-order valence-corrected chi connectivity index (χ1v) is 3.93. The van der Waals surface area contributed by atoms with Crippen LogP contribution < -0.4 is 29.6 Å². The summed E-state index contributed by atoms with van der Waals surface area (Å²) in [5, 5.41) is 10.2. The molecule has 0 aliphatic carbocycles. The predicted molar refractivity (Wildman–Crippen MR) is 48.7 cm³/mol. The molecule has 0 spiro atoms. The molecule has 1 rings (SSSR count). The zero-order valence-corrected chi connectivity index (χ0v) is 10.8. The summed E-state index contributed by atoms with van der Waals surface area (Å²) in [5.74, 6) is 0.0890. The topological polar surface area (TPSA) is 20.2 Å². The molecule has 0 radical (unpaired) electrons. The number of benzene rings is 1. The second kappa shape index (κ2) is 4.73. The summed E-state index contributed by atoms with van der Waals surface area (Å²) in [6.07, 6.45) is 0. The maximum Gasteiger partial charge on any atom is 1.00 e. The maximum atomic E-state index is 9.21. The average Bonchev–Trinajstić information content (AvgIpc) is 1.97. The number of halogens is 2. The normalized spacial score (nSPS) is 9.33. The molecule has 1 aromatic rings. The van der Waals surface area contributed by atoms with Crippen LogP contribution in [0.5, 0.6) is 5.75 Å². The largest absolute Gasteiger partial charge is 1.00 e. The number of aromatic hydroxyl groups is 1. The fourth-order valence-corrected chi connectivity index (χ4v) is 1.26. The van der Waals surface area contributed by atoms with Gasteiger partial charge in [-0.25, -0.2) is 0 Å². The minimum Gasteiger partial charge on any atom is -1.00 e. The molecule has 0 saturated heterocycles. The first kappa shape index (κ1) is 12.6. The first-order valence-electron chi connectivity index (χ1n) is 3.18. The van der Waals surface area contributed by atoms with E-state index in [0.29, 0.717) is 10.0 Å². The van der Waals surface area contributed by atoms with Crippen molar-refractivity contribution < 1.29 is 36.1 Å². The van der Waals surface area contributed by atoms with Crippen molar-refractivity contribution in [3.63, 3.8) is 0 Å². The number of hydrogen-bond acceptors (Lipinski definition) is 1. The molecule has 0 aromatic heterocycles. The molecule has 0 aliphatic rings. The standard InChI is InChI=1S/C8H8Cl2O.Na.H/c1-4-3-6(11)8(10)5(2)7(4)9;;/h3,11H,1-2H3;;/q;+1;-1. The Kier molecular flexibility index (Phi) is 4.97. The average molecular weight is 215 g/mol. The van der Waals surface area contributed by atoms with E-state index in [-0.39, 0.29) is 36.7 Å². The number of hydrogen-bond donors (Lipinski definition) is 1. The molecular weight excluding hydrogens is 206 g/mol. The number of rotatable bonds is 0. The van der Waals surface area contributed by atoms with Gasteiger partial charge in [0.2, 0.25) is 0 Å². The summed E-state index contributed by atoms with van der Waals surface area (Å²) in [5.41, 5.74) is 1.57. The van der Waals surface area contributed by atoms with Crippen molar-refractivity contribution in [2.24, 2.45) is 0 Å². The summed E-state index contributed by atoms with van der Waals surface area (Å²) in [4.78, 5) is 0. The van der Waals surface area contributed by atoms with Crippen LogP contribution in [-0.4, -0.2) is 5.11 Å². The summed E-state index contributed by atoms with van der Waals surface area (Å²) in [7, 11) is 0. The fraction of sp³-hybridized carbons (Fsp3) is 0.250. The van der Waals surface area contributed by atoms with Gasteiger partial charge in [0.15, 0.2) is 0 Å². The van der Waals surface area contributed by atoms with Crippen molar-refractivity contribution in [3.05, 3.63) is 27.2 Å². The summed E-state index contributed by atoms with van der Waals surface area (Å²) in [6.45, 7) is 3.60. The first-order chi connectivity index (χ1) is 5.04. The van der Waals surface area contributed by atoms with E-state index in [1.54, 1.807) is 13.0 Å². The van der Waals surface area contributed by atoms with E-state index < -0.39 is 0 Å². The molecule has 0 aliphatic heterocycles. The van der Waals surface area contributed by atoms with Gasteiger partial charge in [0, 0.05) is 5.02 Å². The van der Waals surface area contributed by atoms with Crippen molar-refractivity contribution in [3.8, 4) is 5.75 Å². The minimum atomic E-state index is 0. The van der Waals surface area contributed by atoms with Crippen LogP contribution in [0, 0.1) is 13.8 Å². The third-order valence-electron chi connectivity index (χ3n) is 1.58. The zero-order chi connectivity index (χ0) is 8.59. The van der Waals surface area contributed by atoms with Crippen LogP contribution in [-0.2, 0) is 0 Å².